The molecular weight excluding hydrogens is 360 g/mol. The first-order chi connectivity index (χ1) is 13.7. The average molecular weight is 384 g/mol. The zero-order valence-corrected chi connectivity index (χ0v) is 15.8. The van der Waals surface area contributed by atoms with Gasteiger partial charge in [-0.05, 0) is 54.3 Å². The van der Waals surface area contributed by atoms with Crippen molar-refractivity contribution < 1.29 is 14.3 Å². The zero-order valence-electron chi connectivity index (χ0n) is 15.8. The number of fused-ring (bicyclic) bond motifs is 1. The van der Waals surface area contributed by atoms with Crippen LogP contribution in [0.4, 0.5) is 0 Å². The number of hydrogen-bond acceptors (Lipinski definition) is 7. The molecule has 1 fully saturated rings. The predicted molar refractivity (Wildman–Crippen MR) is 102 cm³/mol. The highest BCUT2D eigenvalue weighted by Crippen LogP contribution is 2.36. The molecular formula is C19H24N6O3. The Hall–Kier alpha value is -2.65. The molecule has 148 valence electrons. The van der Waals surface area contributed by atoms with E-state index in [1.165, 1.54) is 0 Å². The molecule has 9 heteroatoms. The molecule has 0 saturated heterocycles. The van der Waals surface area contributed by atoms with Crippen molar-refractivity contribution in [3.05, 3.63) is 35.5 Å². The number of aromatic nitrogens is 1. The lowest BCUT2D eigenvalue weighted by Gasteiger charge is -2.30. The maximum absolute atomic E-state index is 12.2. The van der Waals surface area contributed by atoms with E-state index in [4.69, 9.17) is 15.2 Å². The van der Waals surface area contributed by atoms with Crippen LogP contribution in [0.25, 0.3) is 10.9 Å². The normalized spacial score (nSPS) is 22.3. The summed E-state index contributed by atoms with van der Waals surface area (Å²) in [6.45, 7) is 1.25. The second-order valence-electron chi connectivity index (χ2n) is 7.17. The Bertz CT molecular complexity index is 902. The molecule has 2 aliphatic rings. The van der Waals surface area contributed by atoms with E-state index in [2.05, 4.69) is 25.2 Å². The summed E-state index contributed by atoms with van der Waals surface area (Å²) in [7, 11) is 1.68. The highest BCUT2D eigenvalue weighted by molar-refractivity contribution is 6.05. The van der Waals surface area contributed by atoms with E-state index < -0.39 is 12.1 Å². The van der Waals surface area contributed by atoms with Crippen molar-refractivity contribution >= 4 is 16.8 Å². The quantitative estimate of drug-likeness (QED) is 0.733. The minimum Gasteiger partial charge on any atom is -0.382 e. The van der Waals surface area contributed by atoms with Crippen LogP contribution in [-0.4, -0.2) is 36.9 Å². The van der Waals surface area contributed by atoms with Gasteiger partial charge in [-0.1, -0.05) is 0 Å². The summed E-state index contributed by atoms with van der Waals surface area (Å²) in [6, 6.07) is 6.06. The van der Waals surface area contributed by atoms with Crippen LogP contribution in [0.1, 0.15) is 53.8 Å². The van der Waals surface area contributed by atoms with Crippen LogP contribution in [-0.2, 0) is 9.47 Å². The van der Waals surface area contributed by atoms with Gasteiger partial charge >= 0.3 is 0 Å². The summed E-state index contributed by atoms with van der Waals surface area (Å²) >= 11 is 0. The predicted octanol–water partition coefficient (Wildman–Crippen LogP) is 3.72. The fourth-order valence-electron chi connectivity index (χ4n) is 4.06. The molecule has 2 aromatic rings. The molecule has 0 unspecified atom stereocenters. The van der Waals surface area contributed by atoms with Gasteiger partial charge in [0.1, 0.15) is 0 Å². The maximum atomic E-state index is 12.2. The van der Waals surface area contributed by atoms with Crippen LogP contribution in [0, 0.1) is 0 Å². The zero-order chi connectivity index (χ0) is 19.5. The number of carbonyl (C=O) groups excluding carboxylic acids is 1. The van der Waals surface area contributed by atoms with Gasteiger partial charge < -0.3 is 19.8 Å². The van der Waals surface area contributed by atoms with Crippen molar-refractivity contribution in [2.24, 2.45) is 26.4 Å². The third kappa shape index (κ3) is 3.67. The Labute approximate surface area is 162 Å². The third-order valence-electron chi connectivity index (χ3n) is 5.44. The summed E-state index contributed by atoms with van der Waals surface area (Å²) < 4.78 is 13.1. The van der Waals surface area contributed by atoms with Gasteiger partial charge in [0.25, 0.3) is 5.91 Å². The minimum atomic E-state index is -0.509. The van der Waals surface area contributed by atoms with Crippen molar-refractivity contribution in [1.82, 2.24) is 4.57 Å². The van der Waals surface area contributed by atoms with Crippen LogP contribution in [0.3, 0.4) is 0 Å². The number of methoxy groups -OCH3 is 1. The molecule has 2 N–H and O–H groups in total. The fraction of sp³-hybridized carbons (Fsp3) is 0.526. The molecule has 1 aromatic carbocycles. The summed E-state index contributed by atoms with van der Waals surface area (Å²) in [4.78, 5) is 12.2. The van der Waals surface area contributed by atoms with Crippen LogP contribution in [0.15, 0.2) is 45.1 Å². The topological polar surface area (TPSA) is 116 Å². The van der Waals surface area contributed by atoms with Crippen LogP contribution >= 0.6 is 0 Å². The highest BCUT2D eigenvalue weighted by atomic mass is 16.5. The number of primary amides is 1. The van der Waals surface area contributed by atoms with E-state index in [1.807, 2.05) is 18.3 Å². The van der Waals surface area contributed by atoms with Gasteiger partial charge in [0.15, 0.2) is 0 Å². The van der Waals surface area contributed by atoms with Crippen molar-refractivity contribution in [3.8, 4) is 0 Å². The number of nitrogens with two attached hydrogens (primary N) is 1. The van der Waals surface area contributed by atoms with E-state index in [0.717, 1.165) is 42.1 Å². The lowest BCUT2D eigenvalue weighted by atomic mass is 9.92. The average Bonchev–Trinajstić information content (AvgIpc) is 3.38. The Balaban J connectivity index is 1.58. The SMILES string of the molecule is COCCOC1CCC(n2ccc3cc(C4N=NN=N4)cc(C(N)=O)c32)CC1. The standard InChI is InChI=1S/C19H24N6O3/c1-27-8-9-28-15-4-2-14(3-5-15)25-7-6-12-10-13(19-21-23-24-22-19)11-16(17(12)25)18(20)26/h6-7,10-11,14-15,19H,2-5,8-9H2,1H3,(H2,20,26). The monoisotopic (exact) mass is 384 g/mol. The van der Waals surface area contributed by atoms with Crippen molar-refractivity contribution in [2.75, 3.05) is 20.3 Å². The molecule has 1 aliphatic heterocycles. The third-order valence-corrected chi connectivity index (χ3v) is 5.44. The molecule has 2 heterocycles. The van der Waals surface area contributed by atoms with E-state index >= 15 is 0 Å². The van der Waals surface area contributed by atoms with Gasteiger partial charge in [-0.25, -0.2) is 0 Å². The van der Waals surface area contributed by atoms with Crippen LogP contribution in [0.2, 0.25) is 0 Å². The number of hydrogen-bond donors (Lipinski definition) is 1. The molecule has 0 radical (unpaired) electrons. The summed E-state index contributed by atoms with van der Waals surface area (Å²) in [5, 5.41) is 16.0. The second kappa shape index (κ2) is 8.15. The Morgan fingerprint density at radius 1 is 1.18 bits per heavy atom. The van der Waals surface area contributed by atoms with E-state index in [0.29, 0.717) is 24.8 Å². The van der Waals surface area contributed by atoms with E-state index in [9.17, 15) is 4.79 Å². The van der Waals surface area contributed by atoms with Crippen LogP contribution in [0.5, 0.6) is 0 Å². The second-order valence-corrected chi connectivity index (χ2v) is 7.17. The van der Waals surface area contributed by atoms with Gasteiger partial charge in [0, 0.05) is 30.3 Å². The first-order valence-corrected chi connectivity index (χ1v) is 9.52. The summed E-state index contributed by atoms with van der Waals surface area (Å²) in [5.41, 5.74) is 7.81. The number of amides is 1. The van der Waals surface area contributed by atoms with Crippen molar-refractivity contribution in [3.63, 3.8) is 0 Å². The first-order valence-electron chi connectivity index (χ1n) is 9.52. The largest absolute Gasteiger partial charge is 0.382 e. The number of nitrogens with zero attached hydrogens (tertiary/aromatic N) is 5. The Morgan fingerprint density at radius 3 is 2.61 bits per heavy atom. The molecule has 1 aliphatic carbocycles. The number of rotatable bonds is 7. The maximum Gasteiger partial charge on any atom is 0.250 e. The van der Waals surface area contributed by atoms with Crippen molar-refractivity contribution in [1.29, 1.82) is 0 Å². The van der Waals surface area contributed by atoms with Crippen LogP contribution < -0.4 is 5.73 Å². The Morgan fingerprint density at radius 2 is 1.93 bits per heavy atom. The molecule has 4 rings (SSSR count). The molecule has 0 atom stereocenters. The van der Waals surface area contributed by atoms with E-state index in [1.54, 1.807) is 13.2 Å². The molecule has 28 heavy (non-hydrogen) atoms. The molecule has 1 saturated carbocycles. The van der Waals surface area contributed by atoms with E-state index in [-0.39, 0.29) is 6.10 Å². The first kappa shape index (κ1) is 18.7. The summed E-state index contributed by atoms with van der Waals surface area (Å²) in [6.07, 6.45) is 5.76. The molecule has 9 nitrogen and oxygen atoms in total. The number of ether oxygens (including phenoxy) is 2. The van der Waals surface area contributed by atoms with Gasteiger partial charge in [-0.3, -0.25) is 4.79 Å². The van der Waals surface area contributed by atoms with Crippen molar-refractivity contribution in [2.45, 2.75) is 44.0 Å². The van der Waals surface area contributed by atoms with Gasteiger partial charge in [-0.2, -0.15) is 0 Å². The number of carbonyl (C=O) groups is 1. The van der Waals surface area contributed by atoms with Gasteiger partial charge in [0.05, 0.1) is 30.4 Å². The molecule has 0 bridgehead atoms. The lowest BCUT2D eigenvalue weighted by molar-refractivity contribution is -0.00619. The molecule has 1 amide bonds. The molecule has 0 spiro atoms. The molecule has 1 aromatic heterocycles. The minimum absolute atomic E-state index is 0.272. The Kier molecular flexibility index (Phi) is 5.45. The fourth-order valence-corrected chi connectivity index (χ4v) is 4.06. The highest BCUT2D eigenvalue weighted by Gasteiger charge is 2.26. The van der Waals surface area contributed by atoms with Gasteiger partial charge in [0.2, 0.25) is 6.17 Å². The van der Waals surface area contributed by atoms with Gasteiger partial charge in [-0.15, -0.1) is 10.2 Å². The lowest BCUT2D eigenvalue weighted by Crippen LogP contribution is -2.25. The smallest absolute Gasteiger partial charge is 0.250 e. The number of benzene rings is 1. The summed E-state index contributed by atoms with van der Waals surface area (Å²) in [5.74, 6) is -0.463.